The number of hydrogen-bond donors (Lipinski definition) is 1. The van der Waals surface area contributed by atoms with Gasteiger partial charge in [0, 0.05) is 18.0 Å². The standard InChI is InChI=1S/C15H16ClNO2/c1-11(18)8-12-2-4-14(5-3-12)19-10-13-6-7-17-9-15(13)16/h2-7,9,11,18H,8,10H2,1H3. The lowest BCUT2D eigenvalue weighted by Gasteiger charge is -2.09. The van der Waals surface area contributed by atoms with Crippen LogP contribution in [0.5, 0.6) is 5.75 Å². The topological polar surface area (TPSA) is 42.4 Å². The molecule has 0 aliphatic heterocycles. The van der Waals surface area contributed by atoms with Crippen molar-refractivity contribution in [3.8, 4) is 5.75 Å². The maximum atomic E-state index is 9.31. The molecule has 1 unspecified atom stereocenters. The molecule has 1 aromatic heterocycles. The van der Waals surface area contributed by atoms with Gasteiger partial charge in [0.15, 0.2) is 0 Å². The molecule has 1 atom stereocenters. The van der Waals surface area contributed by atoms with E-state index >= 15 is 0 Å². The third kappa shape index (κ3) is 4.23. The highest BCUT2D eigenvalue weighted by Crippen LogP contribution is 2.18. The van der Waals surface area contributed by atoms with Gasteiger partial charge in [-0.05, 0) is 37.1 Å². The minimum Gasteiger partial charge on any atom is -0.489 e. The number of pyridine rings is 1. The summed E-state index contributed by atoms with van der Waals surface area (Å²) in [6, 6.07) is 9.54. The molecule has 2 rings (SSSR count). The molecule has 0 aliphatic rings. The molecule has 0 aliphatic carbocycles. The first-order chi connectivity index (χ1) is 9.15. The van der Waals surface area contributed by atoms with Gasteiger partial charge in [-0.1, -0.05) is 23.7 Å². The summed E-state index contributed by atoms with van der Waals surface area (Å²) in [7, 11) is 0. The quantitative estimate of drug-likeness (QED) is 0.912. The van der Waals surface area contributed by atoms with Crippen LogP contribution in [0.25, 0.3) is 0 Å². The Morgan fingerprint density at radius 2 is 2.00 bits per heavy atom. The lowest BCUT2D eigenvalue weighted by Crippen LogP contribution is -2.04. The van der Waals surface area contributed by atoms with Crippen molar-refractivity contribution in [1.29, 1.82) is 0 Å². The largest absolute Gasteiger partial charge is 0.489 e. The molecule has 4 heteroatoms. The van der Waals surface area contributed by atoms with Crippen molar-refractivity contribution in [2.75, 3.05) is 0 Å². The molecular weight excluding hydrogens is 262 g/mol. The van der Waals surface area contributed by atoms with Crippen molar-refractivity contribution in [2.24, 2.45) is 0 Å². The first kappa shape index (κ1) is 13.8. The van der Waals surface area contributed by atoms with Crippen LogP contribution in [0.15, 0.2) is 42.7 Å². The third-order valence-electron chi connectivity index (χ3n) is 2.71. The highest BCUT2D eigenvalue weighted by Gasteiger charge is 2.02. The number of benzene rings is 1. The number of rotatable bonds is 5. The summed E-state index contributed by atoms with van der Waals surface area (Å²) in [5.41, 5.74) is 1.99. The highest BCUT2D eigenvalue weighted by molar-refractivity contribution is 6.31. The van der Waals surface area contributed by atoms with Crippen LogP contribution in [-0.4, -0.2) is 16.2 Å². The normalized spacial score (nSPS) is 12.2. The second-order valence-corrected chi connectivity index (χ2v) is 4.86. The minimum absolute atomic E-state index is 0.331. The van der Waals surface area contributed by atoms with E-state index in [1.807, 2.05) is 30.3 Å². The molecule has 100 valence electrons. The maximum Gasteiger partial charge on any atom is 0.119 e. The van der Waals surface area contributed by atoms with Gasteiger partial charge >= 0.3 is 0 Å². The number of aliphatic hydroxyl groups is 1. The summed E-state index contributed by atoms with van der Waals surface area (Å²) < 4.78 is 5.66. The van der Waals surface area contributed by atoms with Crippen molar-refractivity contribution in [3.63, 3.8) is 0 Å². The molecule has 3 nitrogen and oxygen atoms in total. The molecule has 0 saturated heterocycles. The summed E-state index contributed by atoms with van der Waals surface area (Å²) in [6.07, 6.45) is 3.61. The fraction of sp³-hybridized carbons (Fsp3) is 0.267. The van der Waals surface area contributed by atoms with Crippen molar-refractivity contribution < 1.29 is 9.84 Å². The van der Waals surface area contributed by atoms with Crippen molar-refractivity contribution in [2.45, 2.75) is 26.1 Å². The number of hydrogen-bond acceptors (Lipinski definition) is 3. The fourth-order valence-corrected chi connectivity index (χ4v) is 1.92. The summed E-state index contributed by atoms with van der Waals surface area (Å²) in [4.78, 5) is 3.93. The average Bonchev–Trinajstić information content (AvgIpc) is 2.39. The zero-order valence-corrected chi connectivity index (χ0v) is 11.5. The Bertz CT molecular complexity index is 526. The Hall–Kier alpha value is -1.58. The smallest absolute Gasteiger partial charge is 0.119 e. The summed E-state index contributed by atoms with van der Waals surface area (Å²) in [5, 5.41) is 9.91. The maximum absolute atomic E-state index is 9.31. The van der Waals surface area contributed by atoms with Gasteiger partial charge in [-0.3, -0.25) is 4.98 Å². The summed E-state index contributed by atoms with van der Waals surface area (Å²) in [6.45, 7) is 2.19. The lowest BCUT2D eigenvalue weighted by molar-refractivity contribution is 0.195. The van der Waals surface area contributed by atoms with Crippen LogP contribution in [0.2, 0.25) is 5.02 Å². The molecule has 1 N–H and O–H groups in total. The van der Waals surface area contributed by atoms with Crippen LogP contribution in [0.4, 0.5) is 0 Å². The van der Waals surface area contributed by atoms with Crippen molar-refractivity contribution >= 4 is 11.6 Å². The van der Waals surface area contributed by atoms with Gasteiger partial charge < -0.3 is 9.84 Å². The third-order valence-corrected chi connectivity index (χ3v) is 3.05. The number of nitrogens with zero attached hydrogens (tertiary/aromatic N) is 1. The van der Waals surface area contributed by atoms with E-state index in [-0.39, 0.29) is 6.10 Å². The Balaban J connectivity index is 1.95. The van der Waals surface area contributed by atoms with E-state index in [9.17, 15) is 5.11 Å². The second kappa shape index (κ2) is 6.55. The molecular formula is C15H16ClNO2. The van der Waals surface area contributed by atoms with E-state index in [4.69, 9.17) is 16.3 Å². The van der Waals surface area contributed by atoms with Crippen molar-refractivity contribution in [1.82, 2.24) is 4.98 Å². The van der Waals surface area contributed by atoms with Gasteiger partial charge in [-0.15, -0.1) is 0 Å². The second-order valence-electron chi connectivity index (χ2n) is 4.45. The van der Waals surface area contributed by atoms with Crippen LogP contribution in [0, 0.1) is 0 Å². The lowest BCUT2D eigenvalue weighted by atomic mass is 10.1. The van der Waals surface area contributed by atoms with Crippen LogP contribution in [0.1, 0.15) is 18.1 Å². The molecule has 0 amide bonds. The Morgan fingerprint density at radius 1 is 1.26 bits per heavy atom. The number of aromatic nitrogens is 1. The number of aliphatic hydroxyl groups excluding tert-OH is 1. The van der Waals surface area contributed by atoms with Crippen LogP contribution < -0.4 is 4.74 Å². The van der Waals surface area contributed by atoms with Crippen LogP contribution >= 0.6 is 11.6 Å². The Kier molecular flexibility index (Phi) is 4.77. The molecule has 0 radical (unpaired) electrons. The monoisotopic (exact) mass is 277 g/mol. The first-order valence-electron chi connectivity index (χ1n) is 6.13. The predicted molar refractivity (Wildman–Crippen MR) is 75.4 cm³/mol. The zero-order chi connectivity index (χ0) is 13.7. The zero-order valence-electron chi connectivity index (χ0n) is 10.7. The van der Waals surface area contributed by atoms with E-state index in [1.54, 1.807) is 19.3 Å². The Morgan fingerprint density at radius 3 is 2.63 bits per heavy atom. The molecule has 2 aromatic rings. The van der Waals surface area contributed by atoms with Gasteiger partial charge in [0.25, 0.3) is 0 Å². The summed E-state index contributed by atoms with van der Waals surface area (Å²) >= 11 is 6.00. The SMILES string of the molecule is CC(O)Cc1ccc(OCc2ccncc2Cl)cc1. The molecule has 1 heterocycles. The average molecular weight is 278 g/mol. The van der Waals surface area contributed by atoms with Gasteiger partial charge in [0.05, 0.1) is 11.1 Å². The molecule has 1 aromatic carbocycles. The van der Waals surface area contributed by atoms with E-state index < -0.39 is 0 Å². The van der Waals surface area contributed by atoms with E-state index in [0.717, 1.165) is 16.9 Å². The molecule has 0 bridgehead atoms. The van der Waals surface area contributed by atoms with E-state index in [0.29, 0.717) is 18.1 Å². The van der Waals surface area contributed by atoms with Gasteiger partial charge in [0.2, 0.25) is 0 Å². The van der Waals surface area contributed by atoms with E-state index in [1.165, 1.54) is 0 Å². The molecule has 0 saturated carbocycles. The summed E-state index contributed by atoms with van der Waals surface area (Å²) in [5.74, 6) is 0.780. The first-order valence-corrected chi connectivity index (χ1v) is 6.51. The van der Waals surface area contributed by atoms with Crippen LogP contribution in [0.3, 0.4) is 0 Å². The van der Waals surface area contributed by atoms with Gasteiger partial charge in [-0.25, -0.2) is 0 Å². The van der Waals surface area contributed by atoms with E-state index in [2.05, 4.69) is 4.98 Å². The van der Waals surface area contributed by atoms with Gasteiger partial charge in [-0.2, -0.15) is 0 Å². The number of ether oxygens (including phenoxy) is 1. The molecule has 0 spiro atoms. The highest BCUT2D eigenvalue weighted by atomic mass is 35.5. The minimum atomic E-state index is -0.331. The predicted octanol–water partition coefficient (Wildman–Crippen LogP) is 3.24. The molecule has 0 fully saturated rings. The fourth-order valence-electron chi connectivity index (χ4n) is 1.75. The van der Waals surface area contributed by atoms with Crippen LogP contribution in [-0.2, 0) is 13.0 Å². The molecule has 19 heavy (non-hydrogen) atoms. The number of halogens is 1. The Labute approximate surface area is 117 Å². The van der Waals surface area contributed by atoms with Crippen molar-refractivity contribution in [3.05, 3.63) is 58.9 Å². The van der Waals surface area contributed by atoms with Gasteiger partial charge in [0.1, 0.15) is 12.4 Å².